The molecule has 0 saturated carbocycles. The van der Waals surface area contributed by atoms with Crippen LogP contribution >= 0.6 is 0 Å². The summed E-state index contributed by atoms with van der Waals surface area (Å²) in [5, 5.41) is 22.2. The van der Waals surface area contributed by atoms with E-state index in [1.807, 2.05) is 0 Å². The van der Waals surface area contributed by atoms with Crippen molar-refractivity contribution in [2.75, 3.05) is 13.7 Å². The summed E-state index contributed by atoms with van der Waals surface area (Å²) in [6.45, 7) is -1.02. The van der Waals surface area contributed by atoms with Crippen LogP contribution in [0.3, 0.4) is 0 Å². The van der Waals surface area contributed by atoms with Crippen LogP contribution in [0.5, 0.6) is 5.75 Å². The second-order valence-electron chi connectivity index (χ2n) is 6.30. The van der Waals surface area contributed by atoms with Crippen LogP contribution in [0.25, 0.3) is 6.08 Å². The first-order valence-corrected chi connectivity index (χ1v) is 8.84. The maximum Gasteiger partial charge on any atom is 0.373 e. The minimum Gasteiger partial charge on any atom is -0.481 e. The van der Waals surface area contributed by atoms with Gasteiger partial charge in [-0.1, -0.05) is 0 Å². The van der Waals surface area contributed by atoms with Gasteiger partial charge in [0.2, 0.25) is 5.76 Å². The van der Waals surface area contributed by atoms with Crippen LogP contribution < -0.4 is 10.1 Å². The number of carboxylic acids is 1. The van der Waals surface area contributed by atoms with Crippen molar-refractivity contribution in [1.82, 2.24) is 10.2 Å². The normalized spacial score (nSPS) is 14.4. The van der Waals surface area contributed by atoms with E-state index < -0.39 is 35.4 Å². The van der Waals surface area contributed by atoms with Gasteiger partial charge in [-0.05, 0) is 24.3 Å². The molecular formula is C19H15N3O10. The van der Waals surface area contributed by atoms with Crippen LogP contribution in [0.15, 0.2) is 40.4 Å². The molecule has 166 valence electrons. The number of carbonyl (C=O) groups excluding carboxylic acids is 3. The Balaban J connectivity index is 1.86. The van der Waals surface area contributed by atoms with Crippen LogP contribution in [0.1, 0.15) is 21.9 Å². The molecule has 2 heterocycles. The summed E-state index contributed by atoms with van der Waals surface area (Å²) in [6, 6.07) is 5.29. The molecule has 2 aromatic rings. The first-order valence-electron chi connectivity index (χ1n) is 8.84. The SMILES string of the molecule is COC(=O)c1ccc(CN2C(=O)NC(=Cc3cc([N+](=O)[O-])ccc3OCC(=O)O)C2=O)o1. The summed E-state index contributed by atoms with van der Waals surface area (Å²) >= 11 is 0. The van der Waals surface area contributed by atoms with Gasteiger partial charge in [-0.2, -0.15) is 0 Å². The smallest absolute Gasteiger partial charge is 0.373 e. The number of benzene rings is 1. The number of esters is 1. The van der Waals surface area contributed by atoms with Gasteiger partial charge in [-0.25, -0.2) is 14.4 Å². The molecule has 3 rings (SSSR count). The van der Waals surface area contributed by atoms with E-state index in [1.54, 1.807) is 0 Å². The molecule has 0 radical (unpaired) electrons. The predicted molar refractivity (Wildman–Crippen MR) is 103 cm³/mol. The molecule has 1 saturated heterocycles. The molecular weight excluding hydrogens is 430 g/mol. The molecule has 1 aromatic heterocycles. The Hall–Kier alpha value is -4.68. The fourth-order valence-corrected chi connectivity index (χ4v) is 2.73. The third-order valence-corrected chi connectivity index (χ3v) is 4.18. The largest absolute Gasteiger partial charge is 0.481 e. The molecule has 1 aromatic carbocycles. The molecule has 1 aliphatic rings. The van der Waals surface area contributed by atoms with Crippen molar-refractivity contribution >= 4 is 35.6 Å². The van der Waals surface area contributed by atoms with E-state index in [4.69, 9.17) is 14.3 Å². The number of non-ortho nitro benzene ring substituents is 1. The van der Waals surface area contributed by atoms with Crippen LogP contribution in [0.4, 0.5) is 10.5 Å². The Labute approximate surface area is 179 Å². The Bertz CT molecular complexity index is 1150. The highest BCUT2D eigenvalue weighted by Gasteiger charge is 2.34. The zero-order valence-electron chi connectivity index (χ0n) is 16.4. The van der Waals surface area contributed by atoms with E-state index in [2.05, 4.69) is 10.1 Å². The number of carboxylic acid groups (broad SMARTS) is 1. The third kappa shape index (κ3) is 4.72. The number of amides is 3. The lowest BCUT2D eigenvalue weighted by molar-refractivity contribution is -0.384. The van der Waals surface area contributed by atoms with Crippen molar-refractivity contribution in [3.05, 3.63) is 63.2 Å². The Morgan fingerprint density at radius 2 is 2.03 bits per heavy atom. The van der Waals surface area contributed by atoms with Crippen molar-refractivity contribution in [3.8, 4) is 5.75 Å². The number of furan rings is 1. The van der Waals surface area contributed by atoms with Gasteiger partial charge in [0.1, 0.15) is 17.2 Å². The zero-order valence-corrected chi connectivity index (χ0v) is 16.4. The number of nitro benzene ring substituents is 1. The van der Waals surface area contributed by atoms with Crippen molar-refractivity contribution in [3.63, 3.8) is 0 Å². The summed E-state index contributed by atoms with van der Waals surface area (Å²) < 4.78 is 14.9. The number of hydrogen-bond acceptors (Lipinski definition) is 9. The van der Waals surface area contributed by atoms with Gasteiger partial charge in [0, 0.05) is 17.7 Å². The van der Waals surface area contributed by atoms with Gasteiger partial charge in [0.05, 0.1) is 18.6 Å². The summed E-state index contributed by atoms with van der Waals surface area (Å²) in [5.41, 5.74) is -0.550. The van der Waals surface area contributed by atoms with Gasteiger partial charge >= 0.3 is 18.0 Å². The minimum atomic E-state index is -1.27. The molecule has 1 aliphatic heterocycles. The summed E-state index contributed by atoms with van der Waals surface area (Å²) in [5.74, 6) is -2.80. The van der Waals surface area contributed by atoms with Crippen molar-refractivity contribution in [2.45, 2.75) is 6.54 Å². The second-order valence-corrected chi connectivity index (χ2v) is 6.30. The number of imide groups is 1. The highest BCUT2D eigenvalue weighted by molar-refractivity contribution is 6.14. The fraction of sp³-hybridized carbons (Fsp3) is 0.158. The number of nitrogens with zero attached hydrogens (tertiary/aromatic N) is 2. The predicted octanol–water partition coefficient (Wildman–Crippen LogP) is 1.53. The Kier molecular flexibility index (Phi) is 6.19. The van der Waals surface area contributed by atoms with E-state index in [0.717, 1.165) is 23.1 Å². The molecule has 0 bridgehead atoms. The number of carbonyl (C=O) groups is 4. The number of ether oxygens (including phenoxy) is 2. The standard InChI is InChI=1S/C19H15N3O10/c1-30-18(26)15-5-3-12(32-15)8-21-17(25)13(20-19(21)27)7-10-6-11(22(28)29)2-4-14(10)31-9-16(23)24/h2-7H,8-9H2,1H3,(H,20,27)(H,23,24). The summed E-state index contributed by atoms with van der Waals surface area (Å²) in [4.78, 5) is 58.4. The molecule has 0 aliphatic carbocycles. The van der Waals surface area contributed by atoms with Gasteiger partial charge in [-0.3, -0.25) is 19.8 Å². The van der Waals surface area contributed by atoms with Gasteiger partial charge in [-0.15, -0.1) is 0 Å². The molecule has 0 spiro atoms. The minimum absolute atomic E-state index is 0.0110. The lowest BCUT2D eigenvalue weighted by atomic mass is 10.1. The highest BCUT2D eigenvalue weighted by atomic mass is 16.6. The molecule has 32 heavy (non-hydrogen) atoms. The van der Waals surface area contributed by atoms with Gasteiger partial charge in [0.15, 0.2) is 6.61 Å². The van der Waals surface area contributed by atoms with Gasteiger partial charge < -0.3 is 24.3 Å². The van der Waals surface area contributed by atoms with Crippen molar-refractivity contribution < 1.29 is 43.1 Å². The van der Waals surface area contributed by atoms with E-state index >= 15 is 0 Å². The number of urea groups is 1. The lowest BCUT2D eigenvalue weighted by Gasteiger charge is -2.09. The third-order valence-electron chi connectivity index (χ3n) is 4.18. The van der Waals surface area contributed by atoms with E-state index in [-0.39, 0.29) is 40.8 Å². The fourth-order valence-electron chi connectivity index (χ4n) is 2.73. The van der Waals surface area contributed by atoms with E-state index in [1.165, 1.54) is 25.3 Å². The Morgan fingerprint density at radius 3 is 2.69 bits per heavy atom. The lowest BCUT2D eigenvalue weighted by Crippen LogP contribution is -2.30. The number of rotatable bonds is 8. The maximum atomic E-state index is 12.7. The monoisotopic (exact) mass is 445 g/mol. The summed E-state index contributed by atoms with van der Waals surface area (Å²) in [6.07, 6.45) is 1.13. The highest BCUT2D eigenvalue weighted by Crippen LogP contribution is 2.28. The second kappa shape index (κ2) is 8.99. The summed E-state index contributed by atoms with van der Waals surface area (Å²) in [7, 11) is 1.17. The van der Waals surface area contributed by atoms with Crippen molar-refractivity contribution in [1.29, 1.82) is 0 Å². The molecule has 3 amide bonds. The van der Waals surface area contributed by atoms with Crippen LogP contribution in [-0.2, 0) is 20.9 Å². The number of nitro groups is 1. The number of nitrogens with one attached hydrogen (secondary N) is 1. The first-order chi connectivity index (χ1) is 15.2. The van der Waals surface area contributed by atoms with Crippen LogP contribution in [-0.4, -0.2) is 52.5 Å². The van der Waals surface area contributed by atoms with Gasteiger partial charge in [0.25, 0.3) is 11.6 Å². The first kappa shape index (κ1) is 22.0. The van der Waals surface area contributed by atoms with Crippen molar-refractivity contribution in [2.24, 2.45) is 0 Å². The van der Waals surface area contributed by atoms with Crippen LogP contribution in [0.2, 0.25) is 0 Å². The molecule has 2 N–H and O–H groups in total. The molecule has 1 fully saturated rings. The molecule has 13 nitrogen and oxygen atoms in total. The zero-order chi connectivity index (χ0) is 23.4. The average molecular weight is 445 g/mol. The molecule has 0 unspecified atom stereocenters. The quantitative estimate of drug-likeness (QED) is 0.199. The average Bonchev–Trinajstić information content (AvgIpc) is 3.32. The van der Waals surface area contributed by atoms with E-state index in [0.29, 0.717) is 0 Å². The van der Waals surface area contributed by atoms with Crippen LogP contribution in [0, 0.1) is 10.1 Å². The van der Waals surface area contributed by atoms with E-state index in [9.17, 15) is 29.3 Å². The Morgan fingerprint density at radius 1 is 1.28 bits per heavy atom. The molecule has 0 atom stereocenters. The number of aliphatic carboxylic acids is 1. The topological polar surface area (TPSA) is 179 Å². The number of methoxy groups -OCH3 is 1. The molecule has 13 heteroatoms. The number of hydrogen-bond donors (Lipinski definition) is 2. The maximum absolute atomic E-state index is 12.7.